The number of hydrogen-bond donors (Lipinski definition) is 0. The summed E-state index contributed by atoms with van der Waals surface area (Å²) in [6.45, 7) is 10.9. The second-order valence-electron chi connectivity index (χ2n) is 5.52. The van der Waals surface area contributed by atoms with Crippen molar-refractivity contribution in [3.63, 3.8) is 0 Å². The van der Waals surface area contributed by atoms with Gasteiger partial charge in [-0.25, -0.2) is 0 Å². The Morgan fingerprint density at radius 2 is 2.00 bits per heavy atom. The van der Waals surface area contributed by atoms with Crippen molar-refractivity contribution >= 4 is 21.0 Å². The van der Waals surface area contributed by atoms with Crippen LogP contribution in [0.1, 0.15) is 43.1 Å². The fraction of sp³-hybridized carbons (Fsp3) is 0.375. The average molecular weight is 291 g/mol. The second-order valence-corrected chi connectivity index (χ2v) is 8.13. The quantitative estimate of drug-likeness (QED) is 0.559. The average Bonchev–Trinajstić information content (AvgIpc) is 2.28. The molecule has 0 spiro atoms. The van der Waals surface area contributed by atoms with Gasteiger partial charge in [0.15, 0.2) is 0 Å². The van der Waals surface area contributed by atoms with Gasteiger partial charge in [0.25, 0.3) is 0 Å². The van der Waals surface area contributed by atoms with Gasteiger partial charge in [0.2, 0.25) is 0 Å². The monoisotopic (exact) mass is 292 g/mol. The molecular weight excluding hydrogens is 271 g/mol. The van der Waals surface area contributed by atoms with Crippen LogP contribution in [0, 0.1) is 5.41 Å². The normalized spacial score (nSPS) is 19.5. The summed E-state index contributed by atoms with van der Waals surface area (Å²) in [4.78, 5) is 0.676. The SMILES string of the molecule is C=CCC1[Se]C(C(C)(C)C)=Cc2ccccc21. The Balaban J connectivity index is 2.45. The third-order valence-electron chi connectivity index (χ3n) is 3.02. The van der Waals surface area contributed by atoms with Gasteiger partial charge in [-0.15, -0.1) is 0 Å². The van der Waals surface area contributed by atoms with E-state index in [1.165, 1.54) is 11.1 Å². The predicted molar refractivity (Wildman–Crippen MR) is 77.2 cm³/mol. The minimum atomic E-state index is 0.299. The molecule has 0 nitrogen and oxygen atoms in total. The maximum absolute atomic E-state index is 3.91. The molecule has 0 aliphatic carbocycles. The molecule has 0 N–H and O–H groups in total. The molecule has 1 heteroatoms. The summed E-state index contributed by atoms with van der Waals surface area (Å²) in [5.74, 6) is 0. The van der Waals surface area contributed by atoms with Gasteiger partial charge in [-0.05, 0) is 0 Å². The van der Waals surface area contributed by atoms with Crippen LogP contribution in [0.5, 0.6) is 0 Å². The van der Waals surface area contributed by atoms with Crippen molar-refractivity contribution in [3.8, 4) is 0 Å². The predicted octanol–water partition coefficient (Wildman–Crippen LogP) is 4.41. The number of benzene rings is 1. The van der Waals surface area contributed by atoms with Gasteiger partial charge in [-0.2, -0.15) is 0 Å². The van der Waals surface area contributed by atoms with Crippen molar-refractivity contribution in [3.05, 3.63) is 52.5 Å². The molecule has 0 amide bonds. The van der Waals surface area contributed by atoms with Gasteiger partial charge < -0.3 is 0 Å². The second kappa shape index (κ2) is 4.84. The summed E-state index contributed by atoms with van der Waals surface area (Å²) in [5, 5.41) is 0. The van der Waals surface area contributed by atoms with Crippen molar-refractivity contribution < 1.29 is 0 Å². The maximum atomic E-state index is 3.91. The van der Waals surface area contributed by atoms with Crippen molar-refractivity contribution in [2.24, 2.45) is 5.41 Å². The Hall–Kier alpha value is -0.781. The topological polar surface area (TPSA) is 0 Å². The van der Waals surface area contributed by atoms with E-state index in [1.54, 1.807) is 4.47 Å². The molecule has 1 aliphatic rings. The van der Waals surface area contributed by atoms with Crippen molar-refractivity contribution in [1.82, 2.24) is 0 Å². The molecule has 17 heavy (non-hydrogen) atoms. The molecule has 0 fully saturated rings. The van der Waals surface area contributed by atoms with E-state index >= 15 is 0 Å². The molecule has 90 valence electrons. The van der Waals surface area contributed by atoms with Gasteiger partial charge in [0.1, 0.15) is 0 Å². The molecule has 0 aromatic heterocycles. The van der Waals surface area contributed by atoms with E-state index in [1.807, 2.05) is 0 Å². The van der Waals surface area contributed by atoms with E-state index in [-0.39, 0.29) is 0 Å². The van der Waals surface area contributed by atoms with Gasteiger partial charge in [-0.3, -0.25) is 0 Å². The van der Waals surface area contributed by atoms with Gasteiger partial charge in [-0.1, -0.05) is 0 Å². The van der Waals surface area contributed by atoms with Crippen LogP contribution in [0.3, 0.4) is 0 Å². The van der Waals surface area contributed by atoms with E-state index < -0.39 is 0 Å². The van der Waals surface area contributed by atoms with Crippen LogP contribution < -0.4 is 0 Å². The van der Waals surface area contributed by atoms with Crippen LogP contribution in [0.15, 0.2) is 41.4 Å². The van der Waals surface area contributed by atoms with Crippen LogP contribution >= 0.6 is 0 Å². The molecule has 1 unspecified atom stereocenters. The molecule has 1 aromatic carbocycles. The Bertz CT molecular complexity index is 449. The number of fused-ring (bicyclic) bond motifs is 1. The number of allylic oxidation sites excluding steroid dienone is 2. The van der Waals surface area contributed by atoms with E-state index in [9.17, 15) is 0 Å². The molecule has 1 aromatic rings. The van der Waals surface area contributed by atoms with Crippen molar-refractivity contribution in [1.29, 1.82) is 0 Å². The van der Waals surface area contributed by atoms with Crippen LogP contribution in [0.25, 0.3) is 6.08 Å². The zero-order chi connectivity index (χ0) is 12.5. The Labute approximate surface area is 111 Å². The third kappa shape index (κ3) is 2.73. The van der Waals surface area contributed by atoms with Crippen LogP contribution in [-0.4, -0.2) is 15.0 Å². The minimum absolute atomic E-state index is 0.299. The van der Waals surface area contributed by atoms with Crippen LogP contribution in [0.4, 0.5) is 0 Å². The van der Waals surface area contributed by atoms with Gasteiger partial charge in [0, 0.05) is 0 Å². The molecular formula is C16H20Se. The first-order valence-electron chi connectivity index (χ1n) is 6.11. The Kier molecular flexibility index (Phi) is 3.61. The van der Waals surface area contributed by atoms with E-state index in [0.717, 1.165) is 6.42 Å². The Morgan fingerprint density at radius 1 is 1.29 bits per heavy atom. The zero-order valence-corrected chi connectivity index (χ0v) is 12.6. The Morgan fingerprint density at radius 3 is 2.65 bits per heavy atom. The third-order valence-corrected chi connectivity index (χ3v) is 6.62. The summed E-state index contributed by atoms with van der Waals surface area (Å²) >= 11 is 0.556. The number of hydrogen-bond acceptors (Lipinski definition) is 0. The molecule has 0 radical (unpaired) electrons. The molecule has 0 saturated carbocycles. The molecule has 0 bridgehead atoms. The fourth-order valence-corrected chi connectivity index (χ4v) is 5.05. The zero-order valence-electron chi connectivity index (χ0n) is 10.9. The summed E-state index contributed by atoms with van der Waals surface area (Å²) in [6.07, 6.45) is 5.58. The van der Waals surface area contributed by atoms with Gasteiger partial charge in [0.05, 0.1) is 0 Å². The molecule has 0 saturated heterocycles. The van der Waals surface area contributed by atoms with Crippen LogP contribution in [-0.2, 0) is 0 Å². The first kappa shape index (κ1) is 12.7. The number of rotatable bonds is 2. The van der Waals surface area contributed by atoms with Crippen molar-refractivity contribution in [2.45, 2.75) is 32.0 Å². The first-order valence-corrected chi connectivity index (χ1v) is 7.95. The van der Waals surface area contributed by atoms with E-state index in [4.69, 9.17) is 0 Å². The standard InChI is InChI=1S/C16H20Se/c1-5-8-14-13-10-7-6-9-12(13)11-15(17-14)16(2,3)4/h5-7,9-11,14H,1,8H2,2-4H3. The van der Waals surface area contributed by atoms with Crippen LogP contribution in [0.2, 0.25) is 0 Å². The van der Waals surface area contributed by atoms with E-state index in [0.29, 0.717) is 25.2 Å². The summed E-state index contributed by atoms with van der Waals surface area (Å²) in [6, 6.07) is 8.81. The molecule has 2 rings (SSSR count). The summed E-state index contributed by atoms with van der Waals surface area (Å²) < 4.78 is 1.62. The van der Waals surface area contributed by atoms with Crippen molar-refractivity contribution in [2.75, 3.05) is 0 Å². The first-order chi connectivity index (χ1) is 8.02. The molecule has 1 heterocycles. The van der Waals surface area contributed by atoms with Gasteiger partial charge >= 0.3 is 111 Å². The molecule has 1 aliphatic heterocycles. The summed E-state index contributed by atoms with van der Waals surface area (Å²) in [5.41, 5.74) is 3.23. The molecule has 1 atom stereocenters. The fourth-order valence-electron chi connectivity index (χ4n) is 2.05. The van der Waals surface area contributed by atoms with E-state index in [2.05, 4.69) is 63.8 Å². The summed E-state index contributed by atoms with van der Waals surface area (Å²) in [7, 11) is 0.